The second kappa shape index (κ2) is 8.90. The van der Waals surface area contributed by atoms with E-state index in [-0.39, 0.29) is 11.8 Å². The highest BCUT2D eigenvalue weighted by Crippen LogP contribution is 2.16. The fourth-order valence-electron chi connectivity index (χ4n) is 2.82. The zero-order valence-electron chi connectivity index (χ0n) is 15.4. The third kappa shape index (κ3) is 5.00. The third-order valence-electron chi connectivity index (χ3n) is 4.26. The summed E-state index contributed by atoms with van der Waals surface area (Å²) in [6.07, 6.45) is 0. The summed E-state index contributed by atoms with van der Waals surface area (Å²) in [5.74, 6) is 2.70. The van der Waals surface area contributed by atoms with Gasteiger partial charge in [0, 0.05) is 38.7 Å². The number of carbonyl (C=O) groups excluding carboxylic acids is 2. The molecule has 1 aromatic carbocycles. The molecule has 0 spiro atoms. The van der Waals surface area contributed by atoms with Crippen LogP contribution in [0.4, 0.5) is 0 Å². The Hall–Kier alpha value is -2.55. The minimum absolute atomic E-state index is 0.0390. The van der Waals surface area contributed by atoms with Crippen molar-refractivity contribution in [1.29, 1.82) is 0 Å². The molecule has 1 saturated heterocycles. The average molecular weight is 390 g/mol. The van der Waals surface area contributed by atoms with E-state index in [4.69, 9.17) is 9.26 Å². The van der Waals surface area contributed by atoms with Gasteiger partial charge >= 0.3 is 0 Å². The van der Waals surface area contributed by atoms with Crippen molar-refractivity contribution in [2.45, 2.75) is 12.7 Å². The fourth-order valence-corrected chi connectivity index (χ4v) is 3.58. The number of rotatable bonds is 6. The normalized spacial score (nSPS) is 14.3. The summed E-state index contributed by atoms with van der Waals surface area (Å²) in [4.78, 5) is 32.6. The van der Waals surface area contributed by atoms with Crippen LogP contribution in [0.2, 0.25) is 0 Å². The predicted molar refractivity (Wildman–Crippen MR) is 101 cm³/mol. The first kappa shape index (κ1) is 19.2. The lowest BCUT2D eigenvalue weighted by Gasteiger charge is -2.34. The van der Waals surface area contributed by atoms with Gasteiger partial charge in [-0.15, -0.1) is 11.8 Å². The molecule has 0 N–H and O–H groups in total. The summed E-state index contributed by atoms with van der Waals surface area (Å²) in [5.41, 5.74) is 0.597. The lowest BCUT2D eigenvalue weighted by molar-refractivity contribution is -0.129. The zero-order valence-corrected chi connectivity index (χ0v) is 16.2. The van der Waals surface area contributed by atoms with Crippen molar-refractivity contribution in [2.24, 2.45) is 0 Å². The van der Waals surface area contributed by atoms with Crippen LogP contribution < -0.4 is 4.74 Å². The number of benzene rings is 1. The second-order valence-electron chi connectivity index (χ2n) is 6.13. The van der Waals surface area contributed by atoms with E-state index in [1.54, 1.807) is 48.1 Å². The summed E-state index contributed by atoms with van der Waals surface area (Å²) in [6.45, 7) is 3.86. The number of ether oxygens (including phenoxy) is 1. The molecule has 27 heavy (non-hydrogen) atoms. The van der Waals surface area contributed by atoms with Crippen LogP contribution in [0.15, 0.2) is 28.8 Å². The molecule has 9 heteroatoms. The van der Waals surface area contributed by atoms with Gasteiger partial charge in [0.1, 0.15) is 5.75 Å². The van der Waals surface area contributed by atoms with E-state index < -0.39 is 0 Å². The molecule has 2 heterocycles. The fraction of sp³-hybridized carbons (Fsp3) is 0.444. The summed E-state index contributed by atoms with van der Waals surface area (Å²) >= 11 is 1.46. The van der Waals surface area contributed by atoms with Crippen LogP contribution in [-0.2, 0) is 10.5 Å². The summed E-state index contributed by atoms with van der Waals surface area (Å²) in [6, 6.07) is 7.12. The van der Waals surface area contributed by atoms with E-state index in [9.17, 15) is 9.59 Å². The number of amides is 2. The molecule has 1 aromatic heterocycles. The number of nitrogens with zero attached hydrogens (tertiary/aromatic N) is 4. The molecular formula is C18H22N4O4S. The molecule has 1 aliphatic rings. The molecule has 0 aliphatic carbocycles. The van der Waals surface area contributed by atoms with E-state index in [2.05, 4.69) is 10.1 Å². The Labute approximate surface area is 161 Å². The third-order valence-corrected chi connectivity index (χ3v) is 5.18. The van der Waals surface area contributed by atoms with Crippen molar-refractivity contribution >= 4 is 23.6 Å². The molecule has 1 aliphatic heterocycles. The van der Waals surface area contributed by atoms with Crippen LogP contribution >= 0.6 is 11.8 Å². The van der Waals surface area contributed by atoms with E-state index in [0.717, 1.165) is 0 Å². The van der Waals surface area contributed by atoms with Crippen LogP contribution in [0.1, 0.15) is 22.1 Å². The van der Waals surface area contributed by atoms with E-state index in [1.807, 2.05) is 0 Å². The van der Waals surface area contributed by atoms with Gasteiger partial charge in [-0.2, -0.15) is 4.98 Å². The quantitative estimate of drug-likeness (QED) is 0.740. The SMILES string of the molecule is COc1cccc(C(=O)N2CCN(C(=O)CSCc3noc(C)n3)CC2)c1. The smallest absolute Gasteiger partial charge is 0.254 e. The standard InChI is InChI=1S/C18H22N4O4S/c1-13-19-16(20-26-13)11-27-12-17(23)21-6-8-22(9-7-21)18(24)14-4-3-5-15(10-14)25-2/h3-5,10H,6-9,11-12H2,1-2H3. The van der Waals surface area contributed by atoms with Gasteiger partial charge < -0.3 is 19.1 Å². The van der Waals surface area contributed by atoms with Crippen LogP contribution in [0.3, 0.4) is 0 Å². The van der Waals surface area contributed by atoms with Crippen molar-refractivity contribution < 1.29 is 18.8 Å². The Morgan fingerprint density at radius 3 is 2.63 bits per heavy atom. The highest BCUT2D eigenvalue weighted by atomic mass is 32.2. The molecule has 2 aromatic rings. The van der Waals surface area contributed by atoms with Gasteiger partial charge in [0.05, 0.1) is 18.6 Å². The van der Waals surface area contributed by atoms with Gasteiger partial charge in [0.15, 0.2) is 5.82 Å². The number of thioether (sulfide) groups is 1. The Bertz CT molecular complexity index is 802. The van der Waals surface area contributed by atoms with Gasteiger partial charge in [-0.1, -0.05) is 11.2 Å². The summed E-state index contributed by atoms with van der Waals surface area (Å²) in [5, 5.41) is 3.81. The number of hydrogen-bond donors (Lipinski definition) is 0. The monoisotopic (exact) mass is 390 g/mol. The van der Waals surface area contributed by atoms with Crippen molar-refractivity contribution in [1.82, 2.24) is 19.9 Å². The Morgan fingerprint density at radius 1 is 1.22 bits per heavy atom. The molecule has 0 atom stereocenters. The first-order valence-electron chi connectivity index (χ1n) is 8.65. The number of carbonyl (C=O) groups is 2. The molecule has 0 radical (unpaired) electrons. The molecular weight excluding hydrogens is 368 g/mol. The van der Waals surface area contributed by atoms with Crippen molar-refractivity contribution in [3.05, 3.63) is 41.5 Å². The van der Waals surface area contributed by atoms with Gasteiger partial charge in [-0.25, -0.2) is 0 Å². The van der Waals surface area contributed by atoms with Crippen LogP contribution in [0, 0.1) is 6.92 Å². The lowest BCUT2D eigenvalue weighted by Crippen LogP contribution is -2.51. The first-order valence-corrected chi connectivity index (χ1v) is 9.80. The van der Waals surface area contributed by atoms with Crippen molar-refractivity contribution in [2.75, 3.05) is 39.0 Å². The lowest BCUT2D eigenvalue weighted by atomic mass is 10.1. The molecule has 0 saturated carbocycles. The topological polar surface area (TPSA) is 88.8 Å². The van der Waals surface area contributed by atoms with Gasteiger partial charge in [-0.3, -0.25) is 9.59 Å². The summed E-state index contributed by atoms with van der Waals surface area (Å²) in [7, 11) is 1.58. The van der Waals surface area contributed by atoms with Crippen molar-refractivity contribution in [3.63, 3.8) is 0 Å². The minimum atomic E-state index is -0.0390. The number of aromatic nitrogens is 2. The van der Waals surface area contributed by atoms with E-state index >= 15 is 0 Å². The maximum Gasteiger partial charge on any atom is 0.254 e. The summed E-state index contributed by atoms with van der Waals surface area (Å²) < 4.78 is 10.1. The van der Waals surface area contributed by atoms with Crippen LogP contribution in [0.25, 0.3) is 0 Å². The highest BCUT2D eigenvalue weighted by molar-refractivity contribution is 7.99. The van der Waals surface area contributed by atoms with E-state index in [0.29, 0.717) is 60.7 Å². The first-order chi connectivity index (χ1) is 13.1. The second-order valence-corrected chi connectivity index (χ2v) is 7.11. The average Bonchev–Trinajstić information content (AvgIpc) is 3.12. The maximum absolute atomic E-state index is 12.6. The molecule has 144 valence electrons. The van der Waals surface area contributed by atoms with Gasteiger partial charge in [0.2, 0.25) is 11.8 Å². The Balaban J connectivity index is 1.45. The number of methoxy groups -OCH3 is 1. The molecule has 3 rings (SSSR count). The highest BCUT2D eigenvalue weighted by Gasteiger charge is 2.25. The van der Waals surface area contributed by atoms with E-state index in [1.165, 1.54) is 11.8 Å². The number of aryl methyl sites for hydroxylation is 1. The molecule has 0 unspecified atom stereocenters. The van der Waals surface area contributed by atoms with Gasteiger partial charge in [-0.05, 0) is 18.2 Å². The predicted octanol–water partition coefficient (Wildman–Crippen LogP) is 1.60. The molecule has 1 fully saturated rings. The maximum atomic E-state index is 12.6. The molecule has 0 bridgehead atoms. The zero-order chi connectivity index (χ0) is 19.2. The molecule has 2 amide bonds. The molecule has 8 nitrogen and oxygen atoms in total. The largest absolute Gasteiger partial charge is 0.497 e. The van der Waals surface area contributed by atoms with Crippen LogP contribution in [0.5, 0.6) is 5.75 Å². The van der Waals surface area contributed by atoms with Gasteiger partial charge in [0.25, 0.3) is 5.91 Å². The Morgan fingerprint density at radius 2 is 1.96 bits per heavy atom. The minimum Gasteiger partial charge on any atom is -0.497 e. The van der Waals surface area contributed by atoms with Crippen molar-refractivity contribution in [3.8, 4) is 5.75 Å². The Kier molecular flexibility index (Phi) is 6.33. The van der Waals surface area contributed by atoms with Crippen LogP contribution in [-0.4, -0.2) is 70.8 Å². The number of piperazine rings is 1. The number of hydrogen-bond acceptors (Lipinski definition) is 7.